The number of amides is 2. The summed E-state index contributed by atoms with van der Waals surface area (Å²) in [6.07, 6.45) is 3.50. The molecule has 6 heteroatoms. The Morgan fingerprint density at radius 1 is 1.09 bits per heavy atom. The molecule has 32 heavy (non-hydrogen) atoms. The normalized spacial score (nSPS) is 19.3. The molecular weight excluding hydrogens is 402 g/mol. The predicted octanol–water partition coefficient (Wildman–Crippen LogP) is 4.70. The lowest BCUT2D eigenvalue weighted by Crippen LogP contribution is -2.34. The minimum absolute atomic E-state index is 0.0225. The first-order valence-electron chi connectivity index (χ1n) is 11.7. The molecule has 2 aliphatic rings. The lowest BCUT2D eigenvalue weighted by Gasteiger charge is -2.33. The molecule has 0 unspecified atom stereocenters. The molecule has 1 N–H and O–H groups in total. The predicted molar refractivity (Wildman–Crippen MR) is 128 cm³/mol. The average molecular weight is 436 g/mol. The van der Waals surface area contributed by atoms with Gasteiger partial charge in [0.1, 0.15) is 5.75 Å². The summed E-state index contributed by atoms with van der Waals surface area (Å²) in [6, 6.07) is 15.5. The van der Waals surface area contributed by atoms with Crippen molar-refractivity contribution < 1.29 is 14.3 Å². The van der Waals surface area contributed by atoms with Crippen molar-refractivity contribution in [1.29, 1.82) is 0 Å². The Balaban J connectivity index is 1.40. The second-order valence-corrected chi connectivity index (χ2v) is 8.92. The first-order chi connectivity index (χ1) is 15.5. The maximum atomic E-state index is 13.1. The Morgan fingerprint density at radius 3 is 2.53 bits per heavy atom. The van der Waals surface area contributed by atoms with E-state index in [1.807, 2.05) is 42.5 Å². The molecule has 2 heterocycles. The zero-order chi connectivity index (χ0) is 22.5. The topological polar surface area (TPSA) is 61.9 Å². The number of carbonyl (C=O) groups excluding carboxylic acids is 2. The molecule has 4 rings (SSSR count). The largest absolute Gasteiger partial charge is 0.494 e. The van der Waals surface area contributed by atoms with E-state index in [2.05, 4.69) is 30.1 Å². The Morgan fingerprint density at radius 2 is 1.81 bits per heavy atom. The summed E-state index contributed by atoms with van der Waals surface area (Å²) < 4.78 is 5.62. The van der Waals surface area contributed by atoms with Gasteiger partial charge in [-0.3, -0.25) is 9.59 Å². The smallest absolute Gasteiger partial charge is 0.229 e. The fraction of sp³-hybridized carbons (Fsp3) is 0.462. The number of para-hydroxylation sites is 2. The number of nitrogens with zero attached hydrogens (tertiary/aromatic N) is 2. The summed E-state index contributed by atoms with van der Waals surface area (Å²) in [5, 5.41) is 3.11. The van der Waals surface area contributed by atoms with Gasteiger partial charge in [0.25, 0.3) is 0 Å². The average Bonchev–Trinajstić information content (AvgIpc) is 3.21. The lowest BCUT2D eigenvalue weighted by molar-refractivity contribution is -0.122. The van der Waals surface area contributed by atoms with E-state index < -0.39 is 0 Å². The van der Waals surface area contributed by atoms with Crippen LogP contribution in [0.25, 0.3) is 0 Å². The van der Waals surface area contributed by atoms with Crippen LogP contribution in [0.15, 0.2) is 48.5 Å². The standard InChI is InChI=1S/C26H33N3O3/c1-3-16-32-22-10-8-21(9-11-22)29-18-20(17-25(29)30)26(31)27-23-6-4-5-7-24(23)28-14-12-19(2)13-15-28/h4-11,19-20H,3,12-18H2,1-2H3,(H,27,31)/t20-/m0/s1. The van der Waals surface area contributed by atoms with E-state index in [0.29, 0.717) is 13.2 Å². The molecule has 2 amide bonds. The number of hydrogen-bond donors (Lipinski definition) is 1. The van der Waals surface area contributed by atoms with Gasteiger partial charge in [-0.2, -0.15) is 0 Å². The number of nitrogens with one attached hydrogen (secondary N) is 1. The monoisotopic (exact) mass is 435 g/mol. The van der Waals surface area contributed by atoms with Gasteiger partial charge >= 0.3 is 0 Å². The first kappa shape index (κ1) is 22.2. The molecule has 0 radical (unpaired) electrons. The Labute approximate surface area is 190 Å². The maximum Gasteiger partial charge on any atom is 0.229 e. The number of piperidine rings is 1. The number of hydrogen-bond acceptors (Lipinski definition) is 4. The number of benzene rings is 2. The fourth-order valence-electron chi connectivity index (χ4n) is 4.41. The van der Waals surface area contributed by atoms with Crippen molar-refractivity contribution in [2.24, 2.45) is 11.8 Å². The highest BCUT2D eigenvalue weighted by atomic mass is 16.5. The van der Waals surface area contributed by atoms with Crippen LogP contribution in [0.4, 0.5) is 17.1 Å². The molecule has 0 saturated carbocycles. The van der Waals surface area contributed by atoms with Crippen LogP contribution in [-0.4, -0.2) is 38.1 Å². The summed E-state index contributed by atoms with van der Waals surface area (Å²) in [4.78, 5) is 29.8. The summed E-state index contributed by atoms with van der Waals surface area (Å²) in [6.45, 7) is 7.42. The van der Waals surface area contributed by atoms with Gasteiger partial charge in [0, 0.05) is 31.7 Å². The molecule has 0 bridgehead atoms. The Kier molecular flexibility index (Phi) is 6.98. The highest BCUT2D eigenvalue weighted by molar-refractivity contribution is 6.04. The van der Waals surface area contributed by atoms with Gasteiger partial charge in [0.15, 0.2) is 0 Å². The first-order valence-corrected chi connectivity index (χ1v) is 11.7. The number of carbonyl (C=O) groups is 2. The van der Waals surface area contributed by atoms with E-state index in [1.54, 1.807) is 4.90 Å². The third kappa shape index (κ3) is 5.06. The van der Waals surface area contributed by atoms with Crippen LogP contribution in [0.2, 0.25) is 0 Å². The van der Waals surface area contributed by atoms with Crippen molar-refractivity contribution in [3.05, 3.63) is 48.5 Å². The van der Waals surface area contributed by atoms with Gasteiger partial charge in [-0.15, -0.1) is 0 Å². The number of anilines is 3. The minimum Gasteiger partial charge on any atom is -0.494 e. The molecule has 2 aromatic rings. The lowest BCUT2D eigenvalue weighted by atomic mass is 9.98. The van der Waals surface area contributed by atoms with Gasteiger partial charge in [0.2, 0.25) is 11.8 Å². The van der Waals surface area contributed by atoms with Crippen LogP contribution >= 0.6 is 0 Å². The van der Waals surface area contributed by atoms with Crippen molar-refractivity contribution >= 4 is 28.9 Å². The SMILES string of the molecule is CCCOc1ccc(N2C[C@@H](C(=O)Nc3ccccc3N3CCC(C)CC3)CC2=O)cc1. The summed E-state index contributed by atoms with van der Waals surface area (Å²) >= 11 is 0. The molecule has 0 aliphatic carbocycles. The van der Waals surface area contributed by atoms with Gasteiger partial charge in [-0.1, -0.05) is 26.0 Å². The highest BCUT2D eigenvalue weighted by Crippen LogP contribution is 2.32. The molecule has 2 fully saturated rings. The van der Waals surface area contributed by atoms with E-state index in [-0.39, 0.29) is 24.2 Å². The second kappa shape index (κ2) is 10.1. The van der Waals surface area contributed by atoms with Crippen molar-refractivity contribution in [1.82, 2.24) is 0 Å². The quantitative estimate of drug-likeness (QED) is 0.685. The van der Waals surface area contributed by atoms with Crippen molar-refractivity contribution in [2.45, 2.75) is 39.5 Å². The molecule has 2 saturated heterocycles. The number of ether oxygens (including phenoxy) is 1. The van der Waals surface area contributed by atoms with E-state index >= 15 is 0 Å². The third-order valence-electron chi connectivity index (χ3n) is 6.40. The van der Waals surface area contributed by atoms with Crippen molar-refractivity contribution in [3.8, 4) is 5.75 Å². The molecular formula is C26H33N3O3. The van der Waals surface area contributed by atoms with Gasteiger partial charge in [0.05, 0.1) is 23.9 Å². The molecule has 170 valence electrons. The summed E-state index contributed by atoms with van der Waals surface area (Å²) in [7, 11) is 0. The zero-order valence-corrected chi connectivity index (χ0v) is 19.0. The van der Waals surface area contributed by atoms with E-state index in [1.165, 1.54) is 0 Å². The summed E-state index contributed by atoms with van der Waals surface area (Å²) in [5.41, 5.74) is 2.70. The molecule has 2 aromatic carbocycles. The van der Waals surface area contributed by atoms with Gasteiger partial charge < -0.3 is 19.9 Å². The molecule has 0 spiro atoms. The van der Waals surface area contributed by atoms with E-state index in [0.717, 1.165) is 61.1 Å². The van der Waals surface area contributed by atoms with Crippen molar-refractivity contribution in [3.63, 3.8) is 0 Å². The van der Waals surface area contributed by atoms with E-state index in [4.69, 9.17) is 4.74 Å². The van der Waals surface area contributed by atoms with Crippen LogP contribution in [-0.2, 0) is 9.59 Å². The fourth-order valence-corrected chi connectivity index (χ4v) is 4.41. The number of rotatable bonds is 7. The highest BCUT2D eigenvalue weighted by Gasteiger charge is 2.35. The Hall–Kier alpha value is -3.02. The second-order valence-electron chi connectivity index (χ2n) is 8.92. The van der Waals surface area contributed by atoms with Crippen molar-refractivity contribution in [2.75, 3.05) is 41.4 Å². The van der Waals surface area contributed by atoms with Gasteiger partial charge in [-0.25, -0.2) is 0 Å². The van der Waals surface area contributed by atoms with Crippen LogP contribution in [0, 0.1) is 11.8 Å². The van der Waals surface area contributed by atoms with E-state index in [9.17, 15) is 9.59 Å². The van der Waals surface area contributed by atoms with Crippen LogP contribution in [0.5, 0.6) is 5.75 Å². The minimum atomic E-state index is -0.368. The molecule has 0 aromatic heterocycles. The molecule has 6 nitrogen and oxygen atoms in total. The third-order valence-corrected chi connectivity index (χ3v) is 6.40. The van der Waals surface area contributed by atoms with Crippen LogP contribution < -0.4 is 19.9 Å². The van der Waals surface area contributed by atoms with Crippen LogP contribution in [0.1, 0.15) is 39.5 Å². The Bertz CT molecular complexity index is 936. The summed E-state index contributed by atoms with van der Waals surface area (Å²) in [5.74, 6) is 1.05. The molecule has 2 aliphatic heterocycles. The maximum absolute atomic E-state index is 13.1. The zero-order valence-electron chi connectivity index (χ0n) is 19.0. The molecule has 1 atom stereocenters. The van der Waals surface area contributed by atoms with Gasteiger partial charge in [-0.05, 0) is 61.6 Å². The van der Waals surface area contributed by atoms with Crippen LogP contribution in [0.3, 0.4) is 0 Å².